The third kappa shape index (κ3) is 3.16. The minimum Gasteiger partial charge on any atom is -0.480 e. The predicted molar refractivity (Wildman–Crippen MR) is 54.0 cm³/mol. The summed E-state index contributed by atoms with van der Waals surface area (Å²) in [6, 6.07) is -0.908. The van der Waals surface area contributed by atoms with Gasteiger partial charge >= 0.3 is 5.97 Å². The predicted octanol–water partition coefficient (Wildman–Crippen LogP) is 0.00970. The topological polar surface area (TPSA) is 92.8 Å². The van der Waals surface area contributed by atoms with Gasteiger partial charge in [-0.25, -0.2) is 0 Å². The van der Waals surface area contributed by atoms with Crippen molar-refractivity contribution < 1.29 is 19.7 Å². The second kappa shape index (κ2) is 4.57. The third-order valence-corrected chi connectivity index (χ3v) is 2.34. The summed E-state index contributed by atoms with van der Waals surface area (Å²) in [5, 5.41) is 18.3. The molecule has 2 unspecified atom stereocenters. The number of hydrogen-bond acceptors (Lipinski definition) is 4. The molecule has 1 aliphatic carbocycles. The Labute approximate surface area is 87.8 Å². The quantitative estimate of drug-likeness (QED) is 0.572. The Morgan fingerprint density at radius 1 is 1.80 bits per heavy atom. The van der Waals surface area contributed by atoms with Crippen LogP contribution in [0.3, 0.4) is 0 Å². The van der Waals surface area contributed by atoms with Gasteiger partial charge in [0.2, 0.25) is 0 Å². The zero-order chi connectivity index (χ0) is 11.5. The molecule has 0 saturated carbocycles. The molecule has 0 spiro atoms. The van der Waals surface area contributed by atoms with E-state index in [4.69, 9.17) is 15.6 Å². The van der Waals surface area contributed by atoms with Gasteiger partial charge in [0.1, 0.15) is 6.04 Å². The van der Waals surface area contributed by atoms with E-state index in [1.807, 2.05) is 0 Å². The molecule has 0 heterocycles. The minimum atomic E-state index is -1.27. The lowest BCUT2D eigenvalue weighted by molar-refractivity contribution is -0.143. The standard InChI is InChI=1S/C10H15NO4/c1-15-10(14)4-2-7(3-5-10)6-8(11)9(12)13/h2-4,8,14H,5-6,11H2,1H3,(H,12,13). The van der Waals surface area contributed by atoms with Crippen LogP contribution in [0.1, 0.15) is 12.8 Å². The van der Waals surface area contributed by atoms with E-state index in [2.05, 4.69) is 0 Å². The number of hydrogen-bond donors (Lipinski definition) is 3. The van der Waals surface area contributed by atoms with Crippen molar-refractivity contribution in [3.05, 3.63) is 23.8 Å². The van der Waals surface area contributed by atoms with Crippen molar-refractivity contribution in [2.75, 3.05) is 7.11 Å². The number of aliphatic hydroxyl groups is 1. The number of carbonyl (C=O) groups is 1. The number of ether oxygens (including phenoxy) is 1. The number of carboxylic acids is 1. The summed E-state index contributed by atoms with van der Waals surface area (Å²) in [6.07, 6.45) is 5.42. The van der Waals surface area contributed by atoms with Crippen LogP contribution >= 0.6 is 0 Å². The Bertz CT molecular complexity index is 311. The highest BCUT2D eigenvalue weighted by molar-refractivity contribution is 5.73. The van der Waals surface area contributed by atoms with E-state index in [9.17, 15) is 9.90 Å². The maximum Gasteiger partial charge on any atom is 0.320 e. The van der Waals surface area contributed by atoms with Crippen LogP contribution in [0.4, 0.5) is 0 Å². The van der Waals surface area contributed by atoms with Gasteiger partial charge in [-0.2, -0.15) is 0 Å². The van der Waals surface area contributed by atoms with Crippen LogP contribution in [0.5, 0.6) is 0 Å². The van der Waals surface area contributed by atoms with Gasteiger partial charge in [0.15, 0.2) is 5.79 Å². The lowest BCUT2D eigenvalue weighted by Gasteiger charge is -2.25. The summed E-state index contributed by atoms with van der Waals surface area (Å²) < 4.78 is 4.86. The highest BCUT2D eigenvalue weighted by atomic mass is 16.6. The zero-order valence-corrected chi connectivity index (χ0v) is 8.51. The number of carboxylic acid groups (broad SMARTS) is 1. The van der Waals surface area contributed by atoms with Crippen molar-refractivity contribution in [3.63, 3.8) is 0 Å². The summed E-state index contributed by atoms with van der Waals surface area (Å²) in [5.41, 5.74) is 6.18. The molecule has 4 N–H and O–H groups in total. The Morgan fingerprint density at radius 2 is 2.47 bits per heavy atom. The second-order valence-electron chi connectivity index (χ2n) is 3.51. The molecule has 2 atom stereocenters. The average molecular weight is 213 g/mol. The van der Waals surface area contributed by atoms with Gasteiger partial charge < -0.3 is 20.7 Å². The number of nitrogens with two attached hydrogens (primary N) is 1. The first kappa shape index (κ1) is 11.9. The van der Waals surface area contributed by atoms with Crippen molar-refractivity contribution in [2.45, 2.75) is 24.7 Å². The second-order valence-corrected chi connectivity index (χ2v) is 3.51. The van der Waals surface area contributed by atoms with Crippen molar-refractivity contribution in [2.24, 2.45) is 5.73 Å². The summed E-state index contributed by atoms with van der Waals surface area (Å²) in [4.78, 5) is 10.5. The Hall–Kier alpha value is -1.17. The molecule has 0 fully saturated rings. The van der Waals surface area contributed by atoms with Crippen LogP contribution < -0.4 is 5.73 Å². The molecule has 0 amide bonds. The van der Waals surface area contributed by atoms with Crippen molar-refractivity contribution in [1.82, 2.24) is 0 Å². The van der Waals surface area contributed by atoms with Gasteiger partial charge in [-0.3, -0.25) is 4.79 Å². The van der Waals surface area contributed by atoms with Crippen molar-refractivity contribution in [1.29, 1.82) is 0 Å². The van der Waals surface area contributed by atoms with Gasteiger partial charge in [0.05, 0.1) is 0 Å². The summed E-state index contributed by atoms with van der Waals surface area (Å²) >= 11 is 0. The highest BCUT2D eigenvalue weighted by Crippen LogP contribution is 2.23. The summed E-state index contributed by atoms with van der Waals surface area (Å²) in [5.74, 6) is -2.30. The normalized spacial score (nSPS) is 27.3. The maximum atomic E-state index is 10.5. The third-order valence-electron chi connectivity index (χ3n) is 2.34. The fraction of sp³-hybridized carbons (Fsp3) is 0.500. The number of methoxy groups -OCH3 is 1. The number of allylic oxidation sites excluding steroid dienone is 1. The Morgan fingerprint density at radius 3 is 2.87 bits per heavy atom. The van der Waals surface area contributed by atoms with E-state index in [1.54, 1.807) is 12.2 Å². The SMILES string of the molecule is COC1(O)C=CC(CC(N)C(=O)O)=CC1. The zero-order valence-electron chi connectivity index (χ0n) is 8.51. The van der Waals surface area contributed by atoms with E-state index in [0.717, 1.165) is 5.57 Å². The molecule has 0 aliphatic heterocycles. The van der Waals surface area contributed by atoms with E-state index in [-0.39, 0.29) is 6.42 Å². The molecule has 5 heteroatoms. The highest BCUT2D eigenvalue weighted by Gasteiger charge is 2.24. The fourth-order valence-corrected chi connectivity index (χ4v) is 1.29. The monoisotopic (exact) mass is 213 g/mol. The molecule has 5 nitrogen and oxygen atoms in total. The maximum absolute atomic E-state index is 10.5. The summed E-state index contributed by atoms with van der Waals surface area (Å²) in [6.45, 7) is 0. The first-order valence-corrected chi connectivity index (χ1v) is 4.61. The van der Waals surface area contributed by atoms with Gasteiger partial charge in [0.25, 0.3) is 0 Å². The van der Waals surface area contributed by atoms with Gasteiger partial charge in [-0.15, -0.1) is 0 Å². The van der Waals surface area contributed by atoms with E-state index >= 15 is 0 Å². The Kier molecular flexibility index (Phi) is 3.62. The minimum absolute atomic E-state index is 0.256. The van der Waals surface area contributed by atoms with Gasteiger partial charge in [-0.1, -0.05) is 12.2 Å². The molecule has 0 radical (unpaired) electrons. The van der Waals surface area contributed by atoms with Crippen molar-refractivity contribution in [3.8, 4) is 0 Å². The smallest absolute Gasteiger partial charge is 0.320 e. The lowest BCUT2D eigenvalue weighted by atomic mass is 9.97. The van der Waals surface area contributed by atoms with Crippen LogP contribution in [-0.4, -0.2) is 35.1 Å². The van der Waals surface area contributed by atoms with E-state index in [0.29, 0.717) is 6.42 Å². The molecule has 0 aromatic rings. The molecule has 15 heavy (non-hydrogen) atoms. The Balaban J connectivity index is 2.56. The molecule has 84 valence electrons. The van der Waals surface area contributed by atoms with Gasteiger partial charge in [-0.05, 0) is 18.1 Å². The fourth-order valence-electron chi connectivity index (χ4n) is 1.29. The number of aliphatic carboxylic acids is 1. The average Bonchev–Trinajstić information content (AvgIpc) is 2.21. The van der Waals surface area contributed by atoms with E-state index in [1.165, 1.54) is 13.2 Å². The van der Waals surface area contributed by atoms with Crippen molar-refractivity contribution >= 4 is 5.97 Å². The van der Waals surface area contributed by atoms with Crippen LogP contribution in [0.2, 0.25) is 0 Å². The first-order valence-electron chi connectivity index (χ1n) is 4.61. The van der Waals surface area contributed by atoms with Gasteiger partial charge in [0, 0.05) is 13.5 Å². The number of rotatable bonds is 4. The molecule has 0 bridgehead atoms. The summed E-state index contributed by atoms with van der Waals surface area (Å²) in [7, 11) is 1.41. The van der Waals surface area contributed by atoms with Crippen LogP contribution in [0.15, 0.2) is 23.8 Å². The van der Waals surface area contributed by atoms with Crippen LogP contribution in [-0.2, 0) is 9.53 Å². The lowest BCUT2D eigenvalue weighted by Crippen LogP contribution is -2.32. The molecular formula is C10H15NO4. The molecule has 1 aliphatic rings. The molecule has 0 aromatic heterocycles. The molecular weight excluding hydrogens is 198 g/mol. The van der Waals surface area contributed by atoms with E-state index < -0.39 is 17.8 Å². The first-order chi connectivity index (χ1) is 6.97. The van der Waals surface area contributed by atoms with Crippen LogP contribution in [0, 0.1) is 0 Å². The molecule has 1 rings (SSSR count). The molecule has 0 saturated heterocycles. The van der Waals surface area contributed by atoms with Crippen LogP contribution in [0.25, 0.3) is 0 Å². The largest absolute Gasteiger partial charge is 0.480 e. The molecule has 0 aromatic carbocycles.